The van der Waals surface area contributed by atoms with Gasteiger partial charge in [0.15, 0.2) is 0 Å². The summed E-state index contributed by atoms with van der Waals surface area (Å²) < 4.78 is 62.8. The van der Waals surface area contributed by atoms with Crippen molar-refractivity contribution in [2.75, 3.05) is 20.2 Å². The maximum Gasteiger partial charge on any atom is 0.398 e. The molecule has 1 saturated carbocycles. The summed E-state index contributed by atoms with van der Waals surface area (Å²) in [6, 6.07) is 7.47. The van der Waals surface area contributed by atoms with Crippen LogP contribution in [0.25, 0.3) is 5.70 Å². The van der Waals surface area contributed by atoms with Crippen LogP contribution in [-0.2, 0) is 14.9 Å². The molecular formula is C31H29ClF4N4O4. The summed E-state index contributed by atoms with van der Waals surface area (Å²) in [6.45, 7) is 4.88. The van der Waals surface area contributed by atoms with Crippen LogP contribution in [0.3, 0.4) is 0 Å². The van der Waals surface area contributed by atoms with Gasteiger partial charge in [-0.05, 0) is 67.5 Å². The van der Waals surface area contributed by atoms with E-state index in [0.29, 0.717) is 30.8 Å². The minimum atomic E-state index is -4.51. The van der Waals surface area contributed by atoms with Gasteiger partial charge in [-0.2, -0.15) is 13.2 Å². The van der Waals surface area contributed by atoms with Crippen LogP contribution < -0.4 is 5.32 Å². The van der Waals surface area contributed by atoms with Crippen LogP contribution in [0.4, 0.5) is 17.6 Å². The summed E-state index contributed by atoms with van der Waals surface area (Å²) in [4.78, 5) is 37.2. The van der Waals surface area contributed by atoms with Gasteiger partial charge in [0.1, 0.15) is 5.82 Å². The summed E-state index contributed by atoms with van der Waals surface area (Å²) in [5, 5.41) is 14.3. The summed E-state index contributed by atoms with van der Waals surface area (Å²) in [7, 11) is 1.56. The second-order valence-corrected chi connectivity index (χ2v) is 11.7. The Morgan fingerprint density at radius 2 is 1.91 bits per heavy atom. The predicted molar refractivity (Wildman–Crippen MR) is 156 cm³/mol. The second-order valence-electron chi connectivity index (χ2n) is 11.3. The highest BCUT2D eigenvalue weighted by molar-refractivity contribution is 6.32. The third-order valence-electron chi connectivity index (χ3n) is 8.70. The Labute approximate surface area is 255 Å². The first kappa shape index (κ1) is 31.5. The lowest BCUT2D eigenvalue weighted by atomic mass is 9.82. The molecular weight excluding hydrogens is 604 g/mol. The van der Waals surface area contributed by atoms with E-state index in [9.17, 15) is 27.7 Å². The molecule has 1 unspecified atom stereocenters. The molecule has 0 aromatic heterocycles. The number of hydrogen-bond donors (Lipinski definition) is 2. The van der Waals surface area contributed by atoms with E-state index in [-0.39, 0.29) is 76.4 Å². The van der Waals surface area contributed by atoms with E-state index >= 15 is 4.39 Å². The van der Waals surface area contributed by atoms with Gasteiger partial charge in [-0.1, -0.05) is 30.3 Å². The molecule has 5 rings (SSSR count). The highest BCUT2D eigenvalue weighted by atomic mass is 35.5. The van der Waals surface area contributed by atoms with Gasteiger partial charge in [0.05, 0.1) is 22.3 Å². The van der Waals surface area contributed by atoms with Gasteiger partial charge in [-0.25, -0.2) is 4.39 Å². The van der Waals surface area contributed by atoms with E-state index in [0.717, 1.165) is 6.07 Å². The predicted octanol–water partition coefficient (Wildman–Crippen LogP) is 6.52. The Hall–Kier alpha value is -3.90. The summed E-state index contributed by atoms with van der Waals surface area (Å²) >= 11 is 6.46. The molecule has 2 aliphatic carbocycles. The zero-order chi connectivity index (χ0) is 32.0. The normalized spacial score (nSPS) is 19.7. The number of carbonyl (C=O) groups excluding carboxylic acids is 2. The highest BCUT2D eigenvalue weighted by Gasteiger charge is 2.65. The number of benzene rings is 2. The Balaban J connectivity index is 1.51. The van der Waals surface area contributed by atoms with Crippen molar-refractivity contribution in [2.24, 2.45) is 11.1 Å². The van der Waals surface area contributed by atoms with E-state index < -0.39 is 29.2 Å². The monoisotopic (exact) mass is 632 g/mol. The van der Waals surface area contributed by atoms with Gasteiger partial charge in [0.2, 0.25) is 5.91 Å². The standard InChI is InChI=1S/C31H29ClF4N4O4/c1-16(26-22(4-3-5-23(26)32)30(10-11-30)31(34,35)36)38-25-13-18(29(42)40-14-19(15-40)44-2)7-9-21(25)27(37)20-8-6-17(12-24(20)33)28(41)39-43/h3-6,8,12,18-19,37-38H,1,7,9-11,13-15H2,2H3. The van der Waals surface area contributed by atoms with Gasteiger partial charge in [-0.3, -0.25) is 15.0 Å². The first-order valence-electron chi connectivity index (χ1n) is 13.9. The molecule has 2 aromatic rings. The zero-order valence-electron chi connectivity index (χ0n) is 23.7. The Kier molecular flexibility index (Phi) is 8.52. The first-order valence-corrected chi connectivity index (χ1v) is 14.3. The Morgan fingerprint density at radius 3 is 2.50 bits per heavy atom. The molecule has 232 valence electrons. The number of ether oxygens (including phenoxy) is 1. The largest absolute Gasteiger partial charge is 0.398 e. The van der Waals surface area contributed by atoms with Gasteiger partial charge < -0.3 is 15.0 Å². The Bertz CT molecular complexity index is 1600. The first-order chi connectivity index (χ1) is 20.8. The molecule has 8 nitrogen and oxygen atoms in total. The van der Waals surface area contributed by atoms with Crippen LogP contribution in [0.15, 0.2) is 59.4 Å². The third-order valence-corrected chi connectivity index (χ3v) is 9.01. The molecule has 0 bridgehead atoms. The lowest BCUT2D eigenvalue weighted by Gasteiger charge is -2.41. The SMILES string of the molecule is C=C(NC1=C(C(=N)c2ccc(C(=O)N=O)cc2F)CCC(C(=O)N2CC(OC)C2)C1)c1c(Cl)cccc1C1(C(F)(F)F)CC1. The molecule has 0 radical (unpaired) electrons. The van der Waals surface area contributed by atoms with Gasteiger partial charge >= 0.3 is 12.1 Å². The maximum atomic E-state index is 15.1. The quantitative estimate of drug-likeness (QED) is 0.186. The van der Waals surface area contributed by atoms with E-state index in [1.807, 2.05) is 0 Å². The van der Waals surface area contributed by atoms with E-state index in [1.54, 1.807) is 12.0 Å². The third kappa shape index (κ3) is 5.68. The van der Waals surface area contributed by atoms with Crippen molar-refractivity contribution in [3.05, 3.63) is 92.2 Å². The molecule has 3 aliphatic rings. The fraction of sp³-hybridized carbons (Fsp3) is 0.387. The smallest absolute Gasteiger partial charge is 0.378 e. The number of halogens is 5. The van der Waals surface area contributed by atoms with Crippen LogP contribution in [0.5, 0.6) is 0 Å². The average Bonchev–Trinajstić information content (AvgIpc) is 3.78. The minimum Gasteiger partial charge on any atom is -0.378 e. The van der Waals surface area contributed by atoms with Crippen LogP contribution in [0, 0.1) is 22.1 Å². The number of carbonyl (C=O) groups is 2. The molecule has 0 spiro atoms. The molecule has 13 heteroatoms. The van der Waals surface area contributed by atoms with Gasteiger partial charge in [-0.15, -0.1) is 4.91 Å². The van der Waals surface area contributed by atoms with Crippen molar-refractivity contribution in [3.63, 3.8) is 0 Å². The molecule has 2 aromatic carbocycles. The lowest BCUT2D eigenvalue weighted by Crippen LogP contribution is -2.56. The molecule has 2 N–H and O–H groups in total. The molecule has 2 fully saturated rings. The Morgan fingerprint density at radius 1 is 1.20 bits per heavy atom. The van der Waals surface area contributed by atoms with Gasteiger partial charge in [0.25, 0.3) is 0 Å². The van der Waals surface area contributed by atoms with Crippen molar-refractivity contribution in [1.82, 2.24) is 10.2 Å². The van der Waals surface area contributed by atoms with E-state index in [2.05, 4.69) is 17.1 Å². The van der Waals surface area contributed by atoms with Gasteiger partial charge in [0, 0.05) is 59.4 Å². The van der Waals surface area contributed by atoms with Crippen LogP contribution in [-0.4, -0.2) is 54.9 Å². The second kappa shape index (κ2) is 11.9. The number of methoxy groups -OCH3 is 1. The number of hydrogen-bond acceptors (Lipinski definition) is 6. The number of nitrogens with zero attached hydrogens (tertiary/aromatic N) is 2. The number of allylic oxidation sites excluding steroid dienone is 2. The van der Waals surface area contributed by atoms with E-state index in [4.69, 9.17) is 21.7 Å². The molecule has 44 heavy (non-hydrogen) atoms. The zero-order valence-corrected chi connectivity index (χ0v) is 24.4. The number of rotatable bonds is 9. The molecule has 1 heterocycles. The summed E-state index contributed by atoms with van der Waals surface area (Å²) in [5.41, 5.74) is -1.99. The topological polar surface area (TPSA) is 112 Å². The molecule has 1 aliphatic heterocycles. The molecule has 2 amide bonds. The van der Waals surface area contributed by atoms with Crippen LogP contribution in [0.1, 0.15) is 59.2 Å². The van der Waals surface area contributed by atoms with Crippen molar-refractivity contribution < 1.29 is 31.9 Å². The van der Waals surface area contributed by atoms with Crippen LogP contribution >= 0.6 is 11.6 Å². The fourth-order valence-corrected chi connectivity index (χ4v) is 6.24. The van der Waals surface area contributed by atoms with Crippen molar-refractivity contribution in [3.8, 4) is 0 Å². The summed E-state index contributed by atoms with van der Waals surface area (Å²) in [6.07, 6.45) is -4.17. The minimum absolute atomic E-state index is 0.0167. The highest BCUT2D eigenvalue weighted by Crippen LogP contribution is 2.60. The van der Waals surface area contributed by atoms with Crippen molar-refractivity contribution >= 4 is 34.8 Å². The van der Waals surface area contributed by atoms with E-state index in [1.165, 1.54) is 30.3 Å². The summed E-state index contributed by atoms with van der Waals surface area (Å²) in [5.74, 6) is -2.74. The average molecular weight is 633 g/mol. The molecule has 1 atom stereocenters. The number of alkyl halides is 3. The van der Waals surface area contributed by atoms with Crippen molar-refractivity contribution in [2.45, 2.75) is 49.8 Å². The lowest BCUT2D eigenvalue weighted by molar-refractivity contribution is -0.160. The number of likely N-dealkylation sites (tertiary alicyclic amines) is 1. The van der Waals surface area contributed by atoms with Crippen molar-refractivity contribution in [1.29, 1.82) is 5.41 Å². The maximum absolute atomic E-state index is 15.1. The number of amides is 2. The number of nitrogens with one attached hydrogen (secondary N) is 2. The fourth-order valence-electron chi connectivity index (χ4n) is 5.95. The van der Waals surface area contributed by atoms with Crippen LogP contribution in [0.2, 0.25) is 5.02 Å². The molecule has 1 saturated heterocycles. The number of nitroso groups, excluding NO2 is 1.